The summed E-state index contributed by atoms with van der Waals surface area (Å²) in [6.07, 6.45) is 1.18. The van der Waals surface area contributed by atoms with Crippen LogP contribution in [0.3, 0.4) is 0 Å². The SMILES string of the molecule is CS(=O)(=O)c1ccc(-n2c(N)nc3ccccc32)cc1. The largest absolute Gasteiger partial charge is 0.369 e. The van der Waals surface area contributed by atoms with Crippen LogP contribution in [0.1, 0.15) is 0 Å². The number of anilines is 1. The third-order valence-corrected chi connectivity index (χ3v) is 4.24. The van der Waals surface area contributed by atoms with Crippen molar-refractivity contribution in [3.05, 3.63) is 48.5 Å². The van der Waals surface area contributed by atoms with Gasteiger partial charge in [-0.25, -0.2) is 13.4 Å². The monoisotopic (exact) mass is 287 g/mol. The van der Waals surface area contributed by atoms with Crippen molar-refractivity contribution in [1.29, 1.82) is 0 Å². The van der Waals surface area contributed by atoms with Crippen LogP contribution in [-0.2, 0) is 9.84 Å². The molecule has 0 atom stereocenters. The van der Waals surface area contributed by atoms with Gasteiger partial charge in [-0.15, -0.1) is 0 Å². The maximum Gasteiger partial charge on any atom is 0.205 e. The Kier molecular flexibility index (Phi) is 2.76. The maximum absolute atomic E-state index is 11.5. The number of sulfone groups is 1. The van der Waals surface area contributed by atoms with E-state index in [0.29, 0.717) is 5.95 Å². The van der Waals surface area contributed by atoms with Crippen molar-refractivity contribution < 1.29 is 8.42 Å². The Morgan fingerprint density at radius 2 is 1.70 bits per heavy atom. The molecule has 3 rings (SSSR count). The smallest absolute Gasteiger partial charge is 0.205 e. The lowest BCUT2D eigenvalue weighted by atomic mass is 10.3. The van der Waals surface area contributed by atoms with Crippen LogP contribution in [0.25, 0.3) is 16.7 Å². The maximum atomic E-state index is 11.5. The highest BCUT2D eigenvalue weighted by Crippen LogP contribution is 2.23. The molecule has 0 aliphatic carbocycles. The number of benzene rings is 2. The van der Waals surface area contributed by atoms with Crippen LogP contribution in [-0.4, -0.2) is 24.2 Å². The minimum Gasteiger partial charge on any atom is -0.369 e. The molecule has 2 aromatic carbocycles. The molecule has 20 heavy (non-hydrogen) atoms. The molecule has 1 heterocycles. The molecule has 0 aliphatic rings. The molecule has 0 amide bonds. The van der Waals surface area contributed by atoms with Crippen molar-refractivity contribution in [3.63, 3.8) is 0 Å². The topological polar surface area (TPSA) is 78.0 Å². The summed E-state index contributed by atoms with van der Waals surface area (Å²) in [5.74, 6) is 0.373. The number of aromatic nitrogens is 2. The lowest BCUT2D eigenvalue weighted by Crippen LogP contribution is -2.02. The number of nitrogens with zero attached hydrogens (tertiary/aromatic N) is 2. The Hall–Kier alpha value is -2.34. The van der Waals surface area contributed by atoms with Crippen molar-refractivity contribution in [1.82, 2.24) is 9.55 Å². The van der Waals surface area contributed by atoms with Crippen molar-refractivity contribution in [2.24, 2.45) is 0 Å². The first kappa shape index (κ1) is 12.7. The van der Waals surface area contributed by atoms with Gasteiger partial charge in [0.1, 0.15) is 0 Å². The van der Waals surface area contributed by atoms with Crippen LogP contribution in [0.2, 0.25) is 0 Å². The highest BCUT2D eigenvalue weighted by Gasteiger charge is 2.11. The highest BCUT2D eigenvalue weighted by molar-refractivity contribution is 7.90. The molecule has 0 unspecified atom stereocenters. The lowest BCUT2D eigenvalue weighted by molar-refractivity contribution is 0.602. The van der Waals surface area contributed by atoms with Crippen LogP contribution in [0.5, 0.6) is 0 Å². The number of hydrogen-bond donors (Lipinski definition) is 1. The van der Waals surface area contributed by atoms with Crippen LogP contribution in [0, 0.1) is 0 Å². The van der Waals surface area contributed by atoms with Crippen LogP contribution in [0.4, 0.5) is 5.95 Å². The summed E-state index contributed by atoms with van der Waals surface area (Å²) < 4.78 is 24.7. The summed E-state index contributed by atoms with van der Waals surface area (Å²) in [5, 5.41) is 0. The Balaban J connectivity index is 2.19. The molecular formula is C14H13N3O2S. The molecule has 6 heteroatoms. The third-order valence-electron chi connectivity index (χ3n) is 3.11. The van der Waals surface area contributed by atoms with Crippen molar-refractivity contribution in [3.8, 4) is 5.69 Å². The first-order chi connectivity index (χ1) is 9.47. The van der Waals surface area contributed by atoms with E-state index in [1.165, 1.54) is 6.26 Å². The molecule has 5 nitrogen and oxygen atoms in total. The molecule has 0 fully saturated rings. The van der Waals surface area contributed by atoms with E-state index >= 15 is 0 Å². The zero-order valence-electron chi connectivity index (χ0n) is 10.8. The van der Waals surface area contributed by atoms with E-state index in [9.17, 15) is 8.42 Å². The summed E-state index contributed by atoms with van der Waals surface area (Å²) in [4.78, 5) is 4.56. The fourth-order valence-electron chi connectivity index (χ4n) is 2.16. The Morgan fingerprint density at radius 3 is 2.35 bits per heavy atom. The normalized spacial score (nSPS) is 11.8. The first-order valence-corrected chi connectivity index (χ1v) is 7.89. The van der Waals surface area contributed by atoms with E-state index < -0.39 is 9.84 Å². The molecule has 3 aromatic rings. The summed E-state index contributed by atoms with van der Waals surface area (Å²) in [7, 11) is -3.20. The van der Waals surface area contributed by atoms with E-state index in [4.69, 9.17) is 5.73 Å². The second-order valence-corrected chi connectivity index (χ2v) is 6.58. The highest BCUT2D eigenvalue weighted by atomic mass is 32.2. The fraction of sp³-hybridized carbons (Fsp3) is 0.0714. The van der Waals surface area contributed by atoms with Crippen LogP contribution >= 0.6 is 0 Å². The molecule has 0 saturated carbocycles. The van der Waals surface area contributed by atoms with Crippen LogP contribution < -0.4 is 5.73 Å². The van der Waals surface area contributed by atoms with Gasteiger partial charge in [-0.1, -0.05) is 12.1 Å². The number of nitrogen functional groups attached to an aromatic ring is 1. The number of nitrogens with two attached hydrogens (primary N) is 1. The summed E-state index contributed by atoms with van der Waals surface area (Å²) in [6, 6.07) is 14.2. The molecule has 102 valence electrons. The van der Waals surface area contributed by atoms with Crippen molar-refractivity contribution >= 4 is 26.8 Å². The van der Waals surface area contributed by atoms with Gasteiger partial charge in [0.15, 0.2) is 9.84 Å². The van der Waals surface area contributed by atoms with E-state index in [2.05, 4.69) is 4.98 Å². The van der Waals surface area contributed by atoms with Gasteiger partial charge < -0.3 is 5.73 Å². The first-order valence-electron chi connectivity index (χ1n) is 6.00. The van der Waals surface area contributed by atoms with Crippen molar-refractivity contribution in [2.75, 3.05) is 12.0 Å². The van der Waals surface area contributed by atoms with Gasteiger partial charge in [0.2, 0.25) is 5.95 Å². The zero-order chi connectivity index (χ0) is 14.3. The van der Waals surface area contributed by atoms with Gasteiger partial charge >= 0.3 is 0 Å². The molecule has 1 aromatic heterocycles. The number of rotatable bonds is 2. The zero-order valence-corrected chi connectivity index (χ0v) is 11.6. The predicted octanol–water partition coefficient (Wildman–Crippen LogP) is 2.01. The standard InChI is InChI=1S/C14H13N3O2S/c1-20(18,19)11-8-6-10(7-9-11)17-13-5-3-2-4-12(13)16-14(17)15/h2-9H,1H3,(H2,15,16). The molecular weight excluding hydrogens is 274 g/mol. The molecule has 0 radical (unpaired) electrons. The molecule has 2 N–H and O–H groups in total. The predicted molar refractivity (Wildman–Crippen MR) is 78.6 cm³/mol. The lowest BCUT2D eigenvalue weighted by Gasteiger charge is -2.07. The van der Waals surface area contributed by atoms with Gasteiger partial charge in [0.25, 0.3) is 0 Å². The average molecular weight is 287 g/mol. The van der Waals surface area contributed by atoms with Gasteiger partial charge in [-0.3, -0.25) is 4.57 Å². The number of fused-ring (bicyclic) bond motifs is 1. The summed E-state index contributed by atoms with van der Waals surface area (Å²) in [6.45, 7) is 0. The molecule has 0 spiro atoms. The van der Waals surface area contributed by atoms with E-state index in [0.717, 1.165) is 16.7 Å². The molecule has 0 aliphatic heterocycles. The summed E-state index contributed by atoms with van der Waals surface area (Å²) >= 11 is 0. The number of para-hydroxylation sites is 2. The Morgan fingerprint density at radius 1 is 1.05 bits per heavy atom. The number of hydrogen-bond acceptors (Lipinski definition) is 4. The quantitative estimate of drug-likeness (QED) is 0.782. The van der Waals surface area contributed by atoms with E-state index in [-0.39, 0.29) is 4.90 Å². The Labute approximate surface area is 116 Å². The van der Waals surface area contributed by atoms with Gasteiger partial charge in [-0.05, 0) is 36.4 Å². The van der Waals surface area contributed by atoms with Gasteiger partial charge in [0.05, 0.1) is 15.9 Å². The van der Waals surface area contributed by atoms with Gasteiger partial charge in [0, 0.05) is 11.9 Å². The minimum absolute atomic E-state index is 0.282. The van der Waals surface area contributed by atoms with Gasteiger partial charge in [-0.2, -0.15) is 0 Å². The number of imidazole rings is 1. The van der Waals surface area contributed by atoms with E-state index in [1.807, 2.05) is 24.3 Å². The molecule has 0 saturated heterocycles. The fourth-order valence-corrected chi connectivity index (χ4v) is 2.79. The minimum atomic E-state index is -3.20. The Bertz CT molecular complexity index is 880. The average Bonchev–Trinajstić information content (AvgIpc) is 2.73. The second kappa shape index (κ2) is 4.35. The van der Waals surface area contributed by atoms with Crippen molar-refractivity contribution in [2.45, 2.75) is 4.90 Å². The third kappa shape index (κ3) is 2.04. The van der Waals surface area contributed by atoms with E-state index in [1.54, 1.807) is 28.8 Å². The second-order valence-electron chi connectivity index (χ2n) is 4.56. The summed E-state index contributed by atoms with van der Waals surface area (Å²) in [5.41, 5.74) is 8.41. The molecule has 0 bridgehead atoms. The van der Waals surface area contributed by atoms with Crippen LogP contribution in [0.15, 0.2) is 53.4 Å².